The Hall–Kier alpha value is -1.17. The van der Waals surface area contributed by atoms with Gasteiger partial charge in [-0.2, -0.15) is 5.26 Å². The van der Waals surface area contributed by atoms with E-state index in [-0.39, 0.29) is 11.6 Å². The van der Waals surface area contributed by atoms with E-state index in [9.17, 15) is 9.59 Å². The Kier molecular flexibility index (Phi) is 3.40. The minimum absolute atomic E-state index is 0.0347. The average molecular weight is 193 g/mol. The summed E-state index contributed by atoms with van der Waals surface area (Å²) in [6, 6.07) is 2.12. The van der Waals surface area contributed by atoms with Crippen molar-refractivity contribution < 1.29 is 9.59 Å². The SMILES string of the molecule is CC(=O)CCC1(C#N)CCCCC1=O. The highest BCUT2D eigenvalue weighted by atomic mass is 16.1. The molecule has 1 rings (SSSR count). The first-order valence-corrected chi connectivity index (χ1v) is 5.05. The van der Waals surface area contributed by atoms with E-state index in [0.717, 1.165) is 12.8 Å². The molecule has 14 heavy (non-hydrogen) atoms. The standard InChI is InChI=1S/C11H15NO2/c1-9(13)5-7-11(8-12)6-3-2-4-10(11)14/h2-7H2,1H3. The van der Waals surface area contributed by atoms with E-state index < -0.39 is 5.41 Å². The fourth-order valence-corrected chi connectivity index (χ4v) is 1.92. The van der Waals surface area contributed by atoms with E-state index in [4.69, 9.17) is 5.26 Å². The maximum Gasteiger partial charge on any atom is 0.153 e. The quantitative estimate of drug-likeness (QED) is 0.688. The highest BCUT2D eigenvalue weighted by Crippen LogP contribution is 2.36. The molecule has 0 aromatic heterocycles. The molecule has 1 fully saturated rings. The van der Waals surface area contributed by atoms with E-state index in [1.807, 2.05) is 0 Å². The Balaban J connectivity index is 2.69. The van der Waals surface area contributed by atoms with Crippen LogP contribution in [-0.4, -0.2) is 11.6 Å². The lowest BCUT2D eigenvalue weighted by atomic mass is 9.71. The molecule has 1 aliphatic carbocycles. The second kappa shape index (κ2) is 4.36. The van der Waals surface area contributed by atoms with Crippen molar-refractivity contribution in [1.29, 1.82) is 5.26 Å². The topological polar surface area (TPSA) is 57.9 Å². The molecule has 0 heterocycles. The molecule has 0 aromatic rings. The van der Waals surface area contributed by atoms with Crippen LogP contribution in [0.1, 0.15) is 45.4 Å². The van der Waals surface area contributed by atoms with Crippen LogP contribution in [0.3, 0.4) is 0 Å². The van der Waals surface area contributed by atoms with Crippen molar-refractivity contribution in [2.24, 2.45) is 5.41 Å². The molecule has 3 nitrogen and oxygen atoms in total. The van der Waals surface area contributed by atoms with Crippen molar-refractivity contribution in [3.63, 3.8) is 0 Å². The molecule has 1 saturated carbocycles. The first kappa shape index (κ1) is 10.9. The number of Topliss-reactive ketones (excluding diaryl/α,β-unsaturated/α-hetero) is 2. The molecule has 0 aromatic carbocycles. The normalized spacial score (nSPS) is 27.0. The van der Waals surface area contributed by atoms with Crippen molar-refractivity contribution in [2.75, 3.05) is 0 Å². The van der Waals surface area contributed by atoms with E-state index in [1.165, 1.54) is 6.92 Å². The number of ketones is 2. The van der Waals surface area contributed by atoms with Gasteiger partial charge in [-0.1, -0.05) is 6.42 Å². The zero-order chi connectivity index (χ0) is 10.6. The fourth-order valence-electron chi connectivity index (χ4n) is 1.92. The smallest absolute Gasteiger partial charge is 0.153 e. The molecule has 0 amide bonds. The van der Waals surface area contributed by atoms with Crippen LogP contribution in [0.5, 0.6) is 0 Å². The number of carbonyl (C=O) groups is 2. The Bertz CT molecular complexity index is 290. The summed E-state index contributed by atoms with van der Waals surface area (Å²) >= 11 is 0. The summed E-state index contributed by atoms with van der Waals surface area (Å²) in [5.74, 6) is 0.0884. The van der Waals surface area contributed by atoms with Crippen molar-refractivity contribution in [3.8, 4) is 6.07 Å². The number of rotatable bonds is 3. The van der Waals surface area contributed by atoms with Gasteiger partial charge in [0, 0.05) is 12.8 Å². The molecule has 0 spiro atoms. The zero-order valence-electron chi connectivity index (χ0n) is 8.51. The van der Waals surface area contributed by atoms with E-state index in [0.29, 0.717) is 25.7 Å². The van der Waals surface area contributed by atoms with Gasteiger partial charge >= 0.3 is 0 Å². The number of nitriles is 1. The van der Waals surface area contributed by atoms with Crippen LogP contribution in [-0.2, 0) is 9.59 Å². The maximum absolute atomic E-state index is 11.6. The molecule has 76 valence electrons. The van der Waals surface area contributed by atoms with Gasteiger partial charge < -0.3 is 4.79 Å². The lowest BCUT2D eigenvalue weighted by molar-refractivity contribution is -0.128. The molecule has 0 aliphatic heterocycles. The highest BCUT2D eigenvalue weighted by Gasteiger charge is 2.39. The first-order valence-electron chi connectivity index (χ1n) is 5.05. The largest absolute Gasteiger partial charge is 0.300 e. The molecule has 0 radical (unpaired) electrons. The molecule has 0 N–H and O–H groups in total. The summed E-state index contributed by atoms with van der Waals surface area (Å²) in [6.45, 7) is 1.50. The summed E-state index contributed by atoms with van der Waals surface area (Å²) in [6.07, 6.45) is 3.72. The third-order valence-electron chi connectivity index (χ3n) is 2.91. The number of nitrogens with zero attached hydrogens (tertiary/aromatic N) is 1. The number of hydrogen-bond acceptors (Lipinski definition) is 3. The third kappa shape index (κ3) is 2.20. The van der Waals surface area contributed by atoms with Crippen LogP contribution in [0.2, 0.25) is 0 Å². The lowest BCUT2D eigenvalue weighted by Crippen LogP contribution is -2.33. The molecule has 1 atom stereocenters. The molecular formula is C11H15NO2. The molecule has 3 heteroatoms. The van der Waals surface area contributed by atoms with E-state index in [2.05, 4.69) is 6.07 Å². The average Bonchev–Trinajstić information content (AvgIpc) is 2.17. The van der Waals surface area contributed by atoms with Crippen molar-refractivity contribution in [1.82, 2.24) is 0 Å². The van der Waals surface area contributed by atoms with Gasteiger partial charge in [0.1, 0.15) is 11.2 Å². The number of hydrogen-bond donors (Lipinski definition) is 0. The van der Waals surface area contributed by atoms with Crippen LogP contribution in [0.15, 0.2) is 0 Å². The molecule has 1 unspecified atom stereocenters. The molecule has 0 bridgehead atoms. The zero-order valence-corrected chi connectivity index (χ0v) is 8.51. The van der Waals surface area contributed by atoms with Gasteiger partial charge in [0.2, 0.25) is 0 Å². The van der Waals surface area contributed by atoms with Crippen LogP contribution in [0.25, 0.3) is 0 Å². The summed E-state index contributed by atoms with van der Waals surface area (Å²) in [5, 5.41) is 9.04. The van der Waals surface area contributed by atoms with Gasteiger partial charge in [0.15, 0.2) is 5.78 Å². The van der Waals surface area contributed by atoms with Crippen LogP contribution in [0, 0.1) is 16.7 Å². The molecular weight excluding hydrogens is 178 g/mol. The minimum atomic E-state index is -0.843. The summed E-state index contributed by atoms with van der Waals surface area (Å²) < 4.78 is 0. The second-order valence-corrected chi connectivity index (χ2v) is 4.03. The van der Waals surface area contributed by atoms with Gasteiger partial charge in [0.05, 0.1) is 6.07 Å². The molecule has 0 saturated heterocycles. The van der Waals surface area contributed by atoms with Gasteiger partial charge in [-0.15, -0.1) is 0 Å². The van der Waals surface area contributed by atoms with Crippen molar-refractivity contribution >= 4 is 11.6 Å². The third-order valence-corrected chi connectivity index (χ3v) is 2.91. The van der Waals surface area contributed by atoms with Gasteiger partial charge in [-0.25, -0.2) is 0 Å². The van der Waals surface area contributed by atoms with Crippen LogP contribution < -0.4 is 0 Å². The Morgan fingerprint density at radius 1 is 1.57 bits per heavy atom. The first-order chi connectivity index (χ1) is 6.60. The number of carbonyl (C=O) groups excluding carboxylic acids is 2. The summed E-state index contributed by atoms with van der Waals surface area (Å²) in [5.41, 5.74) is -0.843. The predicted molar refractivity (Wildman–Crippen MR) is 51.4 cm³/mol. The summed E-state index contributed by atoms with van der Waals surface area (Å²) in [7, 11) is 0. The Morgan fingerprint density at radius 3 is 2.79 bits per heavy atom. The highest BCUT2D eigenvalue weighted by molar-refractivity contribution is 5.88. The monoisotopic (exact) mass is 193 g/mol. The van der Waals surface area contributed by atoms with E-state index in [1.54, 1.807) is 0 Å². The Labute approximate surface area is 84.1 Å². The van der Waals surface area contributed by atoms with Crippen LogP contribution >= 0.6 is 0 Å². The van der Waals surface area contributed by atoms with E-state index >= 15 is 0 Å². The van der Waals surface area contributed by atoms with Gasteiger partial charge in [-0.05, 0) is 26.2 Å². The van der Waals surface area contributed by atoms with Gasteiger partial charge in [0.25, 0.3) is 0 Å². The van der Waals surface area contributed by atoms with Crippen molar-refractivity contribution in [2.45, 2.75) is 45.4 Å². The fraction of sp³-hybridized carbons (Fsp3) is 0.727. The lowest BCUT2D eigenvalue weighted by Gasteiger charge is -2.28. The molecule has 1 aliphatic rings. The van der Waals surface area contributed by atoms with Crippen LogP contribution in [0.4, 0.5) is 0 Å². The minimum Gasteiger partial charge on any atom is -0.300 e. The Morgan fingerprint density at radius 2 is 2.29 bits per heavy atom. The van der Waals surface area contributed by atoms with Crippen molar-refractivity contribution in [3.05, 3.63) is 0 Å². The maximum atomic E-state index is 11.6. The summed E-state index contributed by atoms with van der Waals surface area (Å²) in [4.78, 5) is 22.5. The predicted octanol–water partition coefficient (Wildman–Crippen LogP) is 2.01. The second-order valence-electron chi connectivity index (χ2n) is 4.03. The van der Waals surface area contributed by atoms with Gasteiger partial charge in [-0.3, -0.25) is 4.79 Å².